The molecule has 0 aliphatic heterocycles. The summed E-state index contributed by atoms with van der Waals surface area (Å²) < 4.78 is 0. The molecule has 0 saturated heterocycles. The molecule has 0 radical (unpaired) electrons. The summed E-state index contributed by atoms with van der Waals surface area (Å²) in [6.07, 6.45) is 4.34. The Morgan fingerprint density at radius 3 is 2.67 bits per heavy atom. The van der Waals surface area contributed by atoms with Crippen LogP contribution in [0.25, 0.3) is 17.0 Å². The van der Waals surface area contributed by atoms with Crippen molar-refractivity contribution in [3.8, 4) is 6.07 Å². The number of H-pyrrole nitrogens is 1. The van der Waals surface area contributed by atoms with Crippen molar-refractivity contribution in [3.63, 3.8) is 0 Å². The number of fused-ring (bicyclic) bond motifs is 1. The summed E-state index contributed by atoms with van der Waals surface area (Å²) in [5, 5.41) is 13.5. The van der Waals surface area contributed by atoms with E-state index in [-0.39, 0.29) is 11.5 Å². The van der Waals surface area contributed by atoms with Crippen LogP contribution in [0.4, 0.5) is 5.69 Å². The van der Waals surface area contributed by atoms with E-state index in [1.807, 2.05) is 49.5 Å². The SMILES string of the molecule is CCN(CC)c1ccc(/C=C(/C#N)C(=O)NCCc2c[nH]c3ccccc23)c(C)c1. The summed E-state index contributed by atoms with van der Waals surface area (Å²) in [6, 6.07) is 16.2. The van der Waals surface area contributed by atoms with Crippen molar-refractivity contribution >= 4 is 28.6 Å². The maximum Gasteiger partial charge on any atom is 0.261 e. The zero-order chi connectivity index (χ0) is 21.5. The molecule has 154 valence electrons. The number of hydrogen-bond donors (Lipinski definition) is 2. The molecule has 0 unspecified atom stereocenters. The van der Waals surface area contributed by atoms with Gasteiger partial charge in [-0.2, -0.15) is 5.26 Å². The number of carbonyl (C=O) groups is 1. The van der Waals surface area contributed by atoms with E-state index in [4.69, 9.17) is 0 Å². The van der Waals surface area contributed by atoms with Crippen molar-refractivity contribution in [1.82, 2.24) is 10.3 Å². The number of aromatic nitrogens is 1. The lowest BCUT2D eigenvalue weighted by Crippen LogP contribution is -2.26. The maximum atomic E-state index is 12.5. The Morgan fingerprint density at radius 2 is 1.97 bits per heavy atom. The summed E-state index contributed by atoms with van der Waals surface area (Å²) in [5.41, 5.74) is 5.42. The van der Waals surface area contributed by atoms with Gasteiger partial charge in [0.15, 0.2) is 0 Å². The van der Waals surface area contributed by atoms with E-state index in [1.165, 1.54) is 0 Å². The minimum absolute atomic E-state index is 0.118. The first kappa shape index (κ1) is 21.2. The largest absolute Gasteiger partial charge is 0.372 e. The third-order valence-corrected chi connectivity index (χ3v) is 5.40. The van der Waals surface area contributed by atoms with Gasteiger partial charge in [-0.05, 0) is 68.2 Å². The molecular formula is C25H28N4O. The predicted molar refractivity (Wildman–Crippen MR) is 123 cm³/mol. The second-order valence-corrected chi connectivity index (χ2v) is 7.25. The van der Waals surface area contributed by atoms with Crippen molar-refractivity contribution in [3.05, 3.63) is 70.9 Å². The topological polar surface area (TPSA) is 71.9 Å². The van der Waals surface area contributed by atoms with Crippen molar-refractivity contribution in [1.29, 1.82) is 5.26 Å². The van der Waals surface area contributed by atoms with E-state index in [1.54, 1.807) is 6.08 Å². The highest BCUT2D eigenvalue weighted by molar-refractivity contribution is 6.01. The van der Waals surface area contributed by atoms with Gasteiger partial charge in [-0.3, -0.25) is 4.79 Å². The van der Waals surface area contributed by atoms with E-state index >= 15 is 0 Å². The Balaban J connectivity index is 1.67. The minimum Gasteiger partial charge on any atom is -0.372 e. The number of anilines is 1. The Morgan fingerprint density at radius 1 is 1.20 bits per heavy atom. The highest BCUT2D eigenvalue weighted by Gasteiger charge is 2.11. The highest BCUT2D eigenvalue weighted by atomic mass is 16.1. The molecule has 30 heavy (non-hydrogen) atoms. The van der Waals surface area contributed by atoms with Gasteiger partial charge in [0.2, 0.25) is 0 Å². The average molecular weight is 401 g/mol. The number of aryl methyl sites for hydroxylation is 1. The fourth-order valence-corrected chi connectivity index (χ4v) is 3.66. The van der Waals surface area contributed by atoms with Gasteiger partial charge in [-0.1, -0.05) is 24.3 Å². The normalized spacial score (nSPS) is 11.3. The number of para-hydroxylation sites is 1. The minimum atomic E-state index is -0.343. The molecule has 1 amide bonds. The zero-order valence-corrected chi connectivity index (χ0v) is 17.8. The Labute approximate surface area is 178 Å². The molecule has 3 rings (SSSR count). The summed E-state index contributed by atoms with van der Waals surface area (Å²) in [5.74, 6) is -0.343. The van der Waals surface area contributed by atoms with Crippen LogP contribution in [0.1, 0.15) is 30.5 Å². The van der Waals surface area contributed by atoms with Crippen LogP contribution in [0.2, 0.25) is 0 Å². The van der Waals surface area contributed by atoms with E-state index < -0.39 is 0 Å². The highest BCUT2D eigenvalue weighted by Crippen LogP contribution is 2.21. The van der Waals surface area contributed by atoms with Gasteiger partial charge in [0.05, 0.1) is 0 Å². The van der Waals surface area contributed by atoms with Crippen LogP contribution in [-0.4, -0.2) is 30.5 Å². The van der Waals surface area contributed by atoms with Gasteiger partial charge >= 0.3 is 0 Å². The smallest absolute Gasteiger partial charge is 0.261 e. The molecule has 0 aliphatic carbocycles. The summed E-state index contributed by atoms with van der Waals surface area (Å²) in [4.78, 5) is 18.0. The summed E-state index contributed by atoms with van der Waals surface area (Å²) >= 11 is 0. The van der Waals surface area contributed by atoms with Crippen LogP contribution < -0.4 is 10.2 Å². The second-order valence-electron chi connectivity index (χ2n) is 7.25. The Bertz CT molecular complexity index is 1100. The zero-order valence-electron chi connectivity index (χ0n) is 17.8. The second kappa shape index (κ2) is 9.80. The van der Waals surface area contributed by atoms with Crippen LogP contribution in [-0.2, 0) is 11.2 Å². The number of rotatable bonds is 8. The standard InChI is InChI=1S/C25H28N4O/c1-4-29(5-2)22-11-10-19(18(3)14-22)15-21(16-26)25(30)27-13-12-20-17-28-24-9-7-6-8-23(20)24/h6-11,14-15,17,28H,4-5,12-13H2,1-3H3,(H,27,30)/b21-15-. The number of nitriles is 1. The molecule has 3 aromatic rings. The molecule has 0 atom stereocenters. The lowest BCUT2D eigenvalue weighted by molar-refractivity contribution is -0.117. The number of nitrogens with zero attached hydrogens (tertiary/aromatic N) is 2. The van der Waals surface area contributed by atoms with Gasteiger partial charge in [0, 0.05) is 42.4 Å². The third kappa shape index (κ3) is 4.72. The molecule has 5 nitrogen and oxygen atoms in total. The predicted octanol–water partition coefficient (Wildman–Crippen LogP) is 4.59. The van der Waals surface area contributed by atoms with Crippen LogP contribution in [0, 0.1) is 18.3 Å². The third-order valence-electron chi connectivity index (χ3n) is 5.40. The van der Waals surface area contributed by atoms with Gasteiger partial charge < -0.3 is 15.2 Å². The van der Waals surface area contributed by atoms with Crippen molar-refractivity contribution < 1.29 is 4.79 Å². The maximum absolute atomic E-state index is 12.5. The number of nitrogens with one attached hydrogen (secondary N) is 2. The Kier molecular flexibility index (Phi) is 6.92. The Hall–Kier alpha value is -3.52. The first-order valence-electron chi connectivity index (χ1n) is 10.4. The van der Waals surface area contributed by atoms with Gasteiger partial charge in [-0.15, -0.1) is 0 Å². The fourth-order valence-electron chi connectivity index (χ4n) is 3.66. The fraction of sp³-hybridized carbons (Fsp3) is 0.280. The number of benzene rings is 2. The molecule has 5 heteroatoms. The van der Waals surface area contributed by atoms with Gasteiger partial charge in [0.25, 0.3) is 5.91 Å². The monoisotopic (exact) mass is 400 g/mol. The van der Waals surface area contributed by atoms with E-state index in [9.17, 15) is 10.1 Å². The number of amides is 1. The average Bonchev–Trinajstić information content (AvgIpc) is 3.17. The van der Waals surface area contributed by atoms with Crippen molar-refractivity contribution in [2.45, 2.75) is 27.2 Å². The summed E-state index contributed by atoms with van der Waals surface area (Å²) in [6.45, 7) is 8.60. The van der Waals surface area contributed by atoms with Crippen LogP contribution >= 0.6 is 0 Å². The summed E-state index contributed by atoms with van der Waals surface area (Å²) in [7, 11) is 0. The van der Waals surface area contributed by atoms with Gasteiger partial charge in [0.1, 0.15) is 11.6 Å². The lowest BCUT2D eigenvalue weighted by atomic mass is 10.0. The lowest BCUT2D eigenvalue weighted by Gasteiger charge is -2.21. The molecule has 2 aromatic carbocycles. The molecule has 0 fully saturated rings. The van der Waals surface area contributed by atoms with E-state index in [0.29, 0.717) is 13.0 Å². The molecule has 0 spiro atoms. The molecular weight excluding hydrogens is 372 g/mol. The van der Waals surface area contributed by atoms with Crippen molar-refractivity contribution in [2.75, 3.05) is 24.5 Å². The van der Waals surface area contributed by atoms with E-state index in [0.717, 1.165) is 46.4 Å². The first-order valence-corrected chi connectivity index (χ1v) is 10.4. The van der Waals surface area contributed by atoms with Gasteiger partial charge in [-0.25, -0.2) is 0 Å². The molecule has 1 aromatic heterocycles. The number of carbonyl (C=O) groups excluding carboxylic acids is 1. The van der Waals surface area contributed by atoms with E-state index in [2.05, 4.69) is 41.2 Å². The molecule has 0 aliphatic rings. The van der Waals surface area contributed by atoms with Crippen LogP contribution in [0.5, 0.6) is 0 Å². The molecule has 1 heterocycles. The van der Waals surface area contributed by atoms with Crippen LogP contribution in [0.3, 0.4) is 0 Å². The van der Waals surface area contributed by atoms with Crippen molar-refractivity contribution in [2.24, 2.45) is 0 Å². The number of hydrogen-bond acceptors (Lipinski definition) is 3. The molecule has 0 saturated carbocycles. The number of aromatic amines is 1. The molecule has 0 bridgehead atoms. The first-order chi connectivity index (χ1) is 14.6. The van der Waals surface area contributed by atoms with Crippen LogP contribution in [0.15, 0.2) is 54.2 Å². The molecule has 2 N–H and O–H groups in total. The quantitative estimate of drug-likeness (QED) is 0.429.